The molecule has 0 N–H and O–H groups in total. The van der Waals surface area contributed by atoms with Crippen LogP contribution < -0.4 is 9.47 Å². The molecular formula is C15H22N2O2. The summed E-state index contributed by atoms with van der Waals surface area (Å²) in [5, 5.41) is 8.79. The lowest BCUT2D eigenvalue weighted by atomic mass is 9.98. The highest BCUT2D eigenvalue weighted by Gasteiger charge is 2.20. The molecule has 0 aromatic heterocycles. The third-order valence-electron chi connectivity index (χ3n) is 3.26. The summed E-state index contributed by atoms with van der Waals surface area (Å²) in [5.74, 6) is 1.69. The standard InChI is InChI=1S/C15H22N2O2/c1-11-9-15(19-5)12(10-14(11)18-4)13(17(2)3)7-6-8-16/h9-10,13H,6-7H2,1-5H3. The molecular weight excluding hydrogens is 240 g/mol. The third-order valence-corrected chi connectivity index (χ3v) is 3.26. The summed E-state index contributed by atoms with van der Waals surface area (Å²) in [6.07, 6.45) is 1.29. The van der Waals surface area contributed by atoms with Crippen LogP contribution >= 0.6 is 0 Å². The van der Waals surface area contributed by atoms with Gasteiger partial charge in [-0.3, -0.25) is 0 Å². The molecule has 0 aliphatic heterocycles. The number of methoxy groups -OCH3 is 2. The number of hydrogen-bond acceptors (Lipinski definition) is 4. The van der Waals surface area contributed by atoms with Crippen LogP contribution in [0.4, 0.5) is 0 Å². The summed E-state index contributed by atoms with van der Waals surface area (Å²) in [4.78, 5) is 2.10. The Morgan fingerprint density at radius 2 is 1.84 bits per heavy atom. The van der Waals surface area contributed by atoms with Gasteiger partial charge in [-0.15, -0.1) is 0 Å². The van der Waals surface area contributed by atoms with E-state index in [1.807, 2.05) is 33.2 Å². The lowest BCUT2D eigenvalue weighted by Gasteiger charge is -2.26. The Bertz CT molecular complexity index is 464. The van der Waals surface area contributed by atoms with Crippen molar-refractivity contribution in [2.24, 2.45) is 0 Å². The molecule has 0 aliphatic carbocycles. The molecule has 0 heterocycles. The molecule has 4 nitrogen and oxygen atoms in total. The number of hydrogen-bond donors (Lipinski definition) is 0. The van der Waals surface area contributed by atoms with Crippen LogP contribution in [0.3, 0.4) is 0 Å². The predicted octanol–water partition coefficient (Wildman–Crippen LogP) is 2.92. The predicted molar refractivity (Wildman–Crippen MR) is 75.6 cm³/mol. The van der Waals surface area contributed by atoms with E-state index in [-0.39, 0.29) is 6.04 Å². The Labute approximate surface area is 115 Å². The first kappa shape index (κ1) is 15.3. The van der Waals surface area contributed by atoms with Crippen molar-refractivity contribution in [3.8, 4) is 17.6 Å². The monoisotopic (exact) mass is 262 g/mol. The summed E-state index contributed by atoms with van der Waals surface area (Å²) in [5.41, 5.74) is 2.10. The minimum Gasteiger partial charge on any atom is -0.496 e. The second-order valence-electron chi connectivity index (χ2n) is 4.74. The highest BCUT2D eigenvalue weighted by molar-refractivity contribution is 5.47. The maximum Gasteiger partial charge on any atom is 0.124 e. The summed E-state index contributed by atoms with van der Waals surface area (Å²) in [7, 11) is 7.35. The lowest BCUT2D eigenvalue weighted by Crippen LogP contribution is -2.20. The molecule has 0 spiro atoms. The first-order valence-corrected chi connectivity index (χ1v) is 6.31. The Hall–Kier alpha value is -1.73. The molecule has 0 amide bonds. The van der Waals surface area contributed by atoms with Crippen molar-refractivity contribution in [2.75, 3.05) is 28.3 Å². The maximum absolute atomic E-state index is 8.79. The average Bonchev–Trinajstić information content (AvgIpc) is 2.39. The van der Waals surface area contributed by atoms with Gasteiger partial charge in [-0.05, 0) is 45.1 Å². The van der Waals surface area contributed by atoms with E-state index < -0.39 is 0 Å². The van der Waals surface area contributed by atoms with E-state index in [0.29, 0.717) is 6.42 Å². The minimum absolute atomic E-state index is 0.143. The van der Waals surface area contributed by atoms with Gasteiger partial charge in [-0.2, -0.15) is 5.26 Å². The fourth-order valence-corrected chi connectivity index (χ4v) is 2.23. The van der Waals surface area contributed by atoms with Gasteiger partial charge in [0.2, 0.25) is 0 Å². The van der Waals surface area contributed by atoms with E-state index in [0.717, 1.165) is 29.0 Å². The van der Waals surface area contributed by atoms with Crippen LogP contribution in [-0.2, 0) is 0 Å². The van der Waals surface area contributed by atoms with Crippen LogP contribution in [-0.4, -0.2) is 33.2 Å². The van der Waals surface area contributed by atoms with E-state index >= 15 is 0 Å². The minimum atomic E-state index is 0.143. The van der Waals surface area contributed by atoms with Gasteiger partial charge in [0.1, 0.15) is 11.5 Å². The molecule has 0 radical (unpaired) electrons. The van der Waals surface area contributed by atoms with Crippen LogP contribution in [0.25, 0.3) is 0 Å². The summed E-state index contributed by atoms with van der Waals surface area (Å²) in [6.45, 7) is 1.99. The second kappa shape index (κ2) is 7.01. The van der Waals surface area contributed by atoms with Gasteiger partial charge < -0.3 is 14.4 Å². The van der Waals surface area contributed by atoms with Gasteiger partial charge in [0.15, 0.2) is 0 Å². The first-order chi connectivity index (χ1) is 9.04. The normalized spacial score (nSPS) is 12.1. The van der Waals surface area contributed by atoms with Crippen LogP contribution in [0.1, 0.15) is 30.0 Å². The van der Waals surface area contributed by atoms with E-state index in [4.69, 9.17) is 14.7 Å². The first-order valence-electron chi connectivity index (χ1n) is 6.31. The van der Waals surface area contributed by atoms with E-state index in [1.165, 1.54) is 0 Å². The Kier molecular flexibility index (Phi) is 5.65. The molecule has 1 rings (SSSR count). The summed E-state index contributed by atoms with van der Waals surface area (Å²) in [6, 6.07) is 6.34. The topological polar surface area (TPSA) is 45.5 Å². The van der Waals surface area contributed by atoms with Crippen molar-refractivity contribution in [2.45, 2.75) is 25.8 Å². The highest BCUT2D eigenvalue weighted by Crippen LogP contribution is 2.36. The molecule has 0 saturated heterocycles. The molecule has 0 saturated carbocycles. The molecule has 19 heavy (non-hydrogen) atoms. The summed E-state index contributed by atoms with van der Waals surface area (Å²) >= 11 is 0. The van der Waals surface area contributed by atoms with Gasteiger partial charge in [0.05, 0.1) is 20.3 Å². The number of nitrogens with zero attached hydrogens (tertiary/aromatic N) is 2. The van der Waals surface area contributed by atoms with Crippen molar-refractivity contribution >= 4 is 0 Å². The van der Waals surface area contributed by atoms with Crippen LogP contribution in [0.5, 0.6) is 11.5 Å². The van der Waals surface area contributed by atoms with Gasteiger partial charge in [0, 0.05) is 18.0 Å². The van der Waals surface area contributed by atoms with Gasteiger partial charge >= 0.3 is 0 Å². The van der Waals surface area contributed by atoms with Crippen molar-refractivity contribution in [3.63, 3.8) is 0 Å². The van der Waals surface area contributed by atoms with Crippen molar-refractivity contribution < 1.29 is 9.47 Å². The number of ether oxygens (including phenoxy) is 2. The second-order valence-corrected chi connectivity index (χ2v) is 4.74. The third kappa shape index (κ3) is 3.62. The Balaban J connectivity index is 3.23. The number of rotatable bonds is 6. The van der Waals surface area contributed by atoms with Crippen LogP contribution in [0.15, 0.2) is 12.1 Å². The zero-order valence-electron chi connectivity index (χ0n) is 12.4. The average molecular weight is 262 g/mol. The number of aryl methyl sites for hydroxylation is 1. The van der Waals surface area contributed by atoms with Crippen LogP contribution in [0.2, 0.25) is 0 Å². The van der Waals surface area contributed by atoms with Gasteiger partial charge in [-0.1, -0.05) is 0 Å². The van der Waals surface area contributed by atoms with Crippen molar-refractivity contribution in [1.29, 1.82) is 5.26 Å². The molecule has 1 atom stereocenters. The zero-order valence-corrected chi connectivity index (χ0v) is 12.4. The lowest BCUT2D eigenvalue weighted by molar-refractivity contribution is 0.275. The molecule has 0 bridgehead atoms. The molecule has 1 unspecified atom stereocenters. The summed E-state index contributed by atoms with van der Waals surface area (Å²) < 4.78 is 10.9. The number of benzene rings is 1. The van der Waals surface area contributed by atoms with Crippen LogP contribution in [0, 0.1) is 18.3 Å². The molecule has 0 fully saturated rings. The van der Waals surface area contributed by atoms with E-state index in [1.54, 1.807) is 14.2 Å². The fraction of sp³-hybridized carbons (Fsp3) is 0.533. The van der Waals surface area contributed by atoms with Crippen molar-refractivity contribution in [3.05, 3.63) is 23.3 Å². The molecule has 104 valence electrons. The molecule has 1 aromatic rings. The number of nitriles is 1. The van der Waals surface area contributed by atoms with Gasteiger partial charge in [-0.25, -0.2) is 0 Å². The molecule has 1 aromatic carbocycles. The fourth-order valence-electron chi connectivity index (χ4n) is 2.23. The van der Waals surface area contributed by atoms with Gasteiger partial charge in [0.25, 0.3) is 0 Å². The quantitative estimate of drug-likeness (QED) is 0.790. The van der Waals surface area contributed by atoms with E-state index in [2.05, 4.69) is 11.0 Å². The molecule has 0 aliphatic rings. The zero-order chi connectivity index (χ0) is 14.4. The maximum atomic E-state index is 8.79. The largest absolute Gasteiger partial charge is 0.496 e. The van der Waals surface area contributed by atoms with Crippen molar-refractivity contribution in [1.82, 2.24) is 4.90 Å². The van der Waals surface area contributed by atoms with E-state index in [9.17, 15) is 0 Å². The Morgan fingerprint density at radius 1 is 1.21 bits per heavy atom. The Morgan fingerprint density at radius 3 is 2.32 bits per heavy atom. The molecule has 4 heteroatoms. The SMILES string of the molecule is COc1cc(C(CCC#N)N(C)C)c(OC)cc1C. The smallest absolute Gasteiger partial charge is 0.124 e. The highest BCUT2D eigenvalue weighted by atomic mass is 16.5.